The molecular formula is C18H16Cl2N2O4. The van der Waals surface area contributed by atoms with Crippen molar-refractivity contribution in [3.05, 3.63) is 69.2 Å². The number of esters is 1. The maximum Gasteiger partial charge on any atom is 0.337 e. The molecule has 2 aromatic carbocycles. The van der Waals surface area contributed by atoms with Gasteiger partial charge in [-0.2, -0.15) is 0 Å². The number of nitrogens with one attached hydrogen (secondary N) is 1. The summed E-state index contributed by atoms with van der Waals surface area (Å²) in [5.74, 6) is -1.84. The van der Waals surface area contributed by atoms with Gasteiger partial charge < -0.3 is 15.8 Å². The fourth-order valence-electron chi connectivity index (χ4n) is 2.28. The minimum Gasteiger partial charge on any atom is -0.465 e. The molecule has 2 aromatic rings. The summed E-state index contributed by atoms with van der Waals surface area (Å²) in [7, 11) is 1.24. The van der Waals surface area contributed by atoms with Crippen LogP contribution in [-0.2, 0) is 16.0 Å². The number of primary amides is 1. The van der Waals surface area contributed by atoms with Gasteiger partial charge in [0.1, 0.15) is 6.04 Å². The Hall–Kier alpha value is -2.57. The zero-order valence-corrected chi connectivity index (χ0v) is 15.3. The summed E-state index contributed by atoms with van der Waals surface area (Å²) in [6, 6.07) is 9.77. The van der Waals surface area contributed by atoms with E-state index in [2.05, 4.69) is 10.1 Å². The number of carbonyl (C=O) groups is 3. The fraction of sp³-hybridized carbons (Fsp3) is 0.167. The molecule has 3 N–H and O–H groups in total. The minimum absolute atomic E-state index is 0.105. The molecule has 0 spiro atoms. The lowest BCUT2D eigenvalue weighted by atomic mass is 10.0. The highest BCUT2D eigenvalue weighted by Gasteiger charge is 2.21. The molecule has 26 heavy (non-hydrogen) atoms. The molecule has 136 valence electrons. The van der Waals surface area contributed by atoms with Crippen LogP contribution in [0.3, 0.4) is 0 Å². The molecule has 0 aliphatic heterocycles. The van der Waals surface area contributed by atoms with Crippen molar-refractivity contribution >= 4 is 41.0 Å². The van der Waals surface area contributed by atoms with Crippen LogP contribution < -0.4 is 11.1 Å². The lowest BCUT2D eigenvalue weighted by molar-refractivity contribution is -0.119. The highest BCUT2D eigenvalue weighted by molar-refractivity contribution is 6.35. The summed E-state index contributed by atoms with van der Waals surface area (Å²) < 4.78 is 4.62. The number of benzene rings is 2. The monoisotopic (exact) mass is 394 g/mol. The Labute approximate surface area is 160 Å². The number of halogens is 2. The highest BCUT2D eigenvalue weighted by Crippen LogP contribution is 2.22. The highest BCUT2D eigenvalue weighted by atomic mass is 35.5. The van der Waals surface area contributed by atoms with Crippen LogP contribution in [0.5, 0.6) is 0 Å². The van der Waals surface area contributed by atoms with Gasteiger partial charge in [-0.05, 0) is 35.9 Å². The molecular weight excluding hydrogens is 379 g/mol. The third-order valence-corrected chi connectivity index (χ3v) is 4.22. The molecule has 0 aliphatic rings. The predicted octanol–water partition coefficient (Wildman–Crippen LogP) is 2.61. The molecule has 1 atom stereocenters. The molecule has 0 radical (unpaired) electrons. The third kappa shape index (κ3) is 4.97. The smallest absolute Gasteiger partial charge is 0.337 e. The van der Waals surface area contributed by atoms with Crippen LogP contribution in [0.4, 0.5) is 0 Å². The number of hydrogen-bond acceptors (Lipinski definition) is 4. The summed E-state index contributed by atoms with van der Waals surface area (Å²) >= 11 is 12.0. The first kappa shape index (κ1) is 19.8. The van der Waals surface area contributed by atoms with E-state index < -0.39 is 23.8 Å². The van der Waals surface area contributed by atoms with E-state index in [-0.39, 0.29) is 17.5 Å². The van der Waals surface area contributed by atoms with Crippen molar-refractivity contribution in [1.29, 1.82) is 0 Å². The van der Waals surface area contributed by atoms with Gasteiger partial charge in [-0.1, -0.05) is 35.3 Å². The molecule has 0 fully saturated rings. The van der Waals surface area contributed by atoms with E-state index in [1.165, 1.54) is 37.4 Å². The fourth-order valence-corrected chi connectivity index (χ4v) is 2.76. The van der Waals surface area contributed by atoms with Crippen molar-refractivity contribution in [2.45, 2.75) is 12.5 Å². The standard InChI is InChI=1S/C18H16Cl2N2O4/c1-26-18(25)12-4-2-3-11(7-12)17(24)22-15(16(21)23)8-10-5-6-13(19)9-14(10)20/h2-7,9,15H,8H2,1H3,(H2,21,23)(H,22,24)/t15-/m1/s1. The van der Waals surface area contributed by atoms with Gasteiger partial charge >= 0.3 is 5.97 Å². The quantitative estimate of drug-likeness (QED) is 0.735. The van der Waals surface area contributed by atoms with Crippen LogP contribution >= 0.6 is 23.2 Å². The molecule has 0 heterocycles. The Morgan fingerprint density at radius 3 is 2.42 bits per heavy atom. The number of hydrogen-bond donors (Lipinski definition) is 2. The predicted molar refractivity (Wildman–Crippen MR) is 98.4 cm³/mol. The van der Waals surface area contributed by atoms with E-state index >= 15 is 0 Å². The average Bonchev–Trinajstić information content (AvgIpc) is 2.62. The third-order valence-electron chi connectivity index (χ3n) is 3.63. The number of rotatable bonds is 6. The van der Waals surface area contributed by atoms with Gasteiger partial charge in [0.25, 0.3) is 5.91 Å². The average molecular weight is 395 g/mol. The lowest BCUT2D eigenvalue weighted by Crippen LogP contribution is -2.45. The number of methoxy groups -OCH3 is 1. The van der Waals surface area contributed by atoms with Crippen molar-refractivity contribution in [3.8, 4) is 0 Å². The van der Waals surface area contributed by atoms with Crippen LogP contribution in [0.2, 0.25) is 10.0 Å². The van der Waals surface area contributed by atoms with E-state index in [1.54, 1.807) is 12.1 Å². The van der Waals surface area contributed by atoms with E-state index in [0.717, 1.165) is 0 Å². The molecule has 0 bridgehead atoms. The second-order valence-electron chi connectivity index (χ2n) is 5.44. The molecule has 0 saturated carbocycles. The molecule has 8 heteroatoms. The van der Waals surface area contributed by atoms with Crippen molar-refractivity contribution in [3.63, 3.8) is 0 Å². The molecule has 2 amide bonds. The Morgan fingerprint density at radius 1 is 1.12 bits per heavy atom. The zero-order valence-electron chi connectivity index (χ0n) is 13.8. The minimum atomic E-state index is -0.983. The Morgan fingerprint density at radius 2 is 1.81 bits per heavy atom. The van der Waals surface area contributed by atoms with E-state index in [0.29, 0.717) is 15.6 Å². The first-order chi connectivity index (χ1) is 12.3. The molecule has 0 saturated heterocycles. The summed E-state index contributed by atoms with van der Waals surface area (Å²) in [5.41, 5.74) is 6.42. The number of amides is 2. The zero-order chi connectivity index (χ0) is 19.3. The molecule has 0 aliphatic carbocycles. The van der Waals surface area contributed by atoms with Gasteiger partial charge in [-0.15, -0.1) is 0 Å². The molecule has 0 aromatic heterocycles. The SMILES string of the molecule is COC(=O)c1cccc(C(=O)N[C@H](Cc2ccc(Cl)cc2Cl)C(N)=O)c1. The van der Waals surface area contributed by atoms with Crippen LogP contribution in [-0.4, -0.2) is 30.9 Å². The summed E-state index contributed by atoms with van der Waals surface area (Å²) in [4.78, 5) is 35.7. The van der Waals surface area contributed by atoms with Crippen LogP contribution in [0.15, 0.2) is 42.5 Å². The maximum absolute atomic E-state index is 12.4. The van der Waals surface area contributed by atoms with Crippen LogP contribution in [0.25, 0.3) is 0 Å². The van der Waals surface area contributed by atoms with Crippen molar-refractivity contribution in [2.75, 3.05) is 7.11 Å². The first-order valence-corrected chi connectivity index (χ1v) is 8.30. The molecule has 2 rings (SSSR count). The van der Waals surface area contributed by atoms with Crippen molar-refractivity contribution in [2.24, 2.45) is 5.73 Å². The van der Waals surface area contributed by atoms with Crippen LogP contribution in [0.1, 0.15) is 26.3 Å². The van der Waals surface area contributed by atoms with Crippen molar-refractivity contribution in [1.82, 2.24) is 5.32 Å². The van der Waals surface area contributed by atoms with Gasteiger partial charge in [0.2, 0.25) is 5.91 Å². The van der Waals surface area contributed by atoms with E-state index in [9.17, 15) is 14.4 Å². The first-order valence-electron chi connectivity index (χ1n) is 7.54. The van der Waals surface area contributed by atoms with Crippen molar-refractivity contribution < 1.29 is 19.1 Å². The Kier molecular flexibility index (Phi) is 6.60. The van der Waals surface area contributed by atoms with E-state index in [1.807, 2.05) is 0 Å². The Balaban J connectivity index is 2.18. The molecule has 0 unspecified atom stereocenters. The lowest BCUT2D eigenvalue weighted by Gasteiger charge is -2.16. The number of nitrogens with two attached hydrogens (primary N) is 1. The largest absolute Gasteiger partial charge is 0.465 e. The number of ether oxygens (including phenoxy) is 1. The van der Waals surface area contributed by atoms with Gasteiger partial charge in [0.15, 0.2) is 0 Å². The normalized spacial score (nSPS) is 11.5. The maximum atomic E-state index is 12.4. The van der Waals surface area contributed by atoms with Gasteiger partial charge in [0.05, 0.1) is 12.7 Å². The second kappa shape index (κ2) is 8.69. The van der Waals surface area contributed by atoms with Gasteiger partial charge in [-0.3, -0.25) is 9.59 Å². The summed E-state index contributed by atoms with van der Waals surface area (Å²) in [6.45, 7) is 0. The summed E-state index contributed by atoms with van der Waals surface area (Å²) in [6.07, 6.45) is 0.105. The van der Waals surface area contributed by atoms with Gasteiger partial charge in [-0.25, -0.2) is 4.79 Å². The summed E-state index contributed by atoms with van der Waals surface area (Å²) in [5, 5.41) is 3.37. The Bertz CT molecular complexity index is 855. The second-order valence-corrected chi connectivity index (χ2v) is 6.28. The number of carbonyl (C=O) groups excluding carboxylic acids is 3. The van der Waals surface area contributed by atoms with Crippen LogP contribution in [0, 0.1) is 0 Å². The van der Waals surface area contributed by atoms with E-state index in [4.69, 9.17) is 28.9 Å². The molecule has 6 nitrogen and oxygen atoms in total. The topological polar surface area (TPSA) is 98.5 Å². The van der Waals surface area contributed by atoms with Gasteiger partial charge in [0, 0.05) is 22.0 Å².